The standard InChI is InChI=1S/C28H28NP/c1-2-3-12-22-19-20-25(27(22)21-29)26-17-10-11-18-28(26)30(23-13-6-4-7-14-23)24-15-8-5-9-16-24/h2-18,25H,1,19-21,29H2/b12-3-. The van der Waals surface area contributed by atoms with E-state index in [0.717, 1.165) is 12.8 Å². The van der Waals surface area contributed by atoms with Crippen molar-refractivity contribution in [2.45, 2.75) is 18.8 Å². The Hall–Kier alpha value is -2.73. The highest BCUT2D eigenvalue weighted by Gasteiger charge is 2.29. The molecular weight excluding hydrogens is 381 g/mol. The van der Waals surface area contributed by atoms with Crippen molar-refractivity contribution in [3.8, 4) is 0 Å². The van der Waals surface area contributed by atoms with Gasteiger partial charge >= 0.3 is 0 Å². The molecule has 0 fully saturated rings. The van der Waals surface area contributed by atoms with E-state index in [1.165, 1.54) is 32.6 Å². The molecule has 3 aromatic carbocycles. The van der Waals surface area contributed by atoms with Crippen molar-refractivity contribution < 1.29 is 0 Å². The van der Waals surface area contributed by atoms with Crippen LogP contribution in [0.1, 0.15) is 24.3 Å². The van der Waals surface area contributed by atoms with Crippen LogP contribution < -0.4 is 21.6 Å². The summed E-state index contributed by atoms with van der Waals surface area (Å²) in [5.41, 5.74) is 10.4. The van der Waals surface area contributed by atoms with Gasteiger partial charge in [0.1, 0.15) is 0 Å². The number of benzene rings is 3. The maximum Gasteiger partial charge on any atom is 0.0148 e. The van der Waals surface area contributed by atoms with E-state index in [9.17, 15) is 0 Å². The predicted molar refractivity (Wildman–Crippen MR) is 133 cm³/mol. The lowest BCUT2D eigenvalue weighted by Gasteiger charge is -2.26. The third kappa shape index (κ3) is 4.24. The molecule has 1 unspecified atom stereocenters. The van der Waals surface area contributed by atoms with E-state index in [0.29, 0.717) is 12.5 Å². The highest BCUT2D eigenvalue weighted by atomic mass is 31.1. The van der Waals surface area contributed by atoms with Crippen LogP contribution >= 0.6 is 7.92 Å². The van der Waals surface area contributed by atoms with Gasteiger partial charge in [-0.25, -0.2) is 0 Å². The molecular formula is C28H28NP. The first-order valence-electron chi connectivity index (χ1n) is 10.5. The lowest BCUT2D eigenvalue weighted by Crippen LogP contribution is -2.25. The minimum atomic E-state index is -0.630. The molecule has 2 heteroatoms. The maximum atomic E-state index is 6.26. The molecule has 0 radical (unpaired) electrons. The first kappa shape index (κ1) is 20.5. The van der Waals surface area contributed by atoms with Gasteiger partial charge < -0.3 is 5.73 Å². The molecule has 0 spiro atoms. The zero-order valence-electron chi connectivity index (χ0n) is 17.2. The second-order valence-electron chi connectivity index (χ2n) is 7.51. The Morgan fingerprint density at radius 3 is 2.07 bits per heavy atom. The van der Waals surface area contributed by atoms with Crippen LogP contribution in [0, 0.1) is 0 Å². The Morgan fingerprint density at radius 1 is 0.867 bits per heavy atom. The van der Waals surface area contributed by atoms with Gasteiger partial charge in [0, 0.05) is 12.5 Å². The van der Waals surface area contributed by atoms with Gasteiger partial charge in [-0.3, -0.25) is 0 Å². The molecule has 0 heterocycles. The Labute approximate surface area is 181 Å². The Morgan fingerprint density at radius 2 is 1.47 bits per heavy atom. The summed E-state index contributed by atoms with van der Waals surface area (Å²) in [5.74, 6) is 0.382. The molecule has 0 saturated carbocycles. The second kappa shape index (κ2) is 9.85. The highest BCUT2D eigenvalue weighted by Crippen LogP contribution is 2.43. The van der Waals surface area contributed by atoms with E-state index in [4.69, 9.17) is 5.73 Å². The lowest BCUT2D eigenvalue weighted by atomic mass is 9.92. The van der Waals surface area contributed by atoms with Crippen LogP contribution in [0.15, 0.2) is 121 Å². The van der Waals surface area contributed by atoms with Crippen LogP contribution in [0.2, 0.25) is 0 Å². The molecule has 1 aliphatic carbocycles. The Balaban J connectivity index is 1.85. The van der Waals surface area contributed by atoms with E-state index in [1.807, 2.05) is 12.2 Å². The van der Waals surface area contributed by atoms with Gasteiger partial charge in [0.2, 0.25) is 0 Å². The third-order valence-electron chi connectivity index (χ3n) is 5.77. The fourth-order valence-corrected chi connectivity index (χ4v) is 6.94. The lowest BCUT2D eigenvalue weighted by molar-refractivity contribution is 0.761. The smallest absolute Gasteiger partial charge is 0.0148 e. The van der Waals surface area contributed by atoms with E-state index in [2.05, 4.69) is 97.6 Å². The highest BCUT2D eigenvalue weighted by molar-refractivity contribution is 7.79. The molecule has 2 N–H and O–H groups in total. The minimum Gasteiger partial charge on any atom is -0.327 e. The first-order chi connectivity index (χ1) is 14.8. The van der Waals surface area contributed by atoms with Crippen molar-refractivity contribution in [3.63, 3.8) is 0 Å². The van der Waals surface area contributed by atoms with E-state index < -0.39 is 7.92 Å². The van der Waals surface area contributed by atoms with Gasteiger partial charge in [-0.1, -0.05) is 110 Å². The summed E-state index contributed by atoms with van der Waals surface area (Å²) in [6.07, 6.45) is 8.25. The van der Waals surface area contributed by atoms with Crippen LogP contribution in [-0.2, 0) is 0 Å². The average Bonchev–Trinajstić information content (AvgIpc) is 3.22. The molecule has 1 nitrogen and oxygen atoms in total. The molecule has 30 heavy (non-hydrogen) atoms. The molecule has 0 saturated heterocycles. The summed E-state index contributed by atoms with van der Waals surface area (Å²) in [6, 6.07) is 30.8. The number of hydrogen-bond donors (Lipinski definition) is 1. The fraction of sp³-hybridized carbons (Fsp3) is 0.143. The third-order valence-corrected chi connectivity index (χ3v) is 8.29. The molecule has 0 aliphatic heterocycles. The van der Waals surface area contributed by atoms with Gasteiger partial charge in [0.25, 0.3) is 0 Å². The topological polar surface area (TPSA) is 26.0 Å². The normalized spacial score (nSPS) is 16.5. The summed E-state index contributed by atoms with van der Waals surface area (Å²) in [4.78, 5) is 0. The summed E-state index contributed by atoms with van der Waals surface area (Å²) in [5, 5.41) is 4.21. The van der Waals surface area contributed by atoms with Crippen molar-refractivity contribution in [2.75, 3.05) is 6.54 Å². The van der Waals surface area contributed by atoms with Crippen molar-refractivity contribution in [1.29, 1.82) is 0 Å². The number of rotatable bonds is 7. The van der Waals surface area contributed by atoms with Crippen LogP contribution in [0.3, 0.4) is 0 Å². The number of allylic oxidation sites excluding steroid dienone is 4. The molecule has 1 aliphatic rings. The van der Waals surface area contributed by atoms with Crippen molar-refractivity contribution in [2.24, 2.45) is 5.73 Å². The van der Waals surface area contributed by atoms with E-state index in [1.54, 1.807) is 0 Å². The number of hydrogen-bond acceptors (Lipinski definition) is 1. The van der Waals surface area contributed by atoms with Crippen LogP contribution in [-0.4, -0.2) is 6.54 Å². The maximum absolute atomic E-state index is 6.26. The minimum absolute atomic E-state index is 0.382. The largest absolute Gasteiger partial charge is 0.327 e. The molecule has 4 rings (SSSR count). The Bertz CT molecular complexity index is 1010. The summed E-state index contributed by atoms with van der Waals surface area (Å²) in [6.45, 7) is 4.42. The van der Waals surface area contributed by atoms with E-state index in [-0.39, 0.29) is 0 Å². The van der Waals surface area contributed by atoms with Crippen molar-refractivity contribution in [1.82, 2.24) is 0 Å². The molecule has 1 atom stereocenters. The van der Waals surface area contributed by atoms with Crippen LogP contribution in [0.5, 0.6) is 0 Å². The van der Waals surface area contributed by atoms with Crippen molar-refractivity contribution in [3.05, 3.63) is 126 Å². The number of nitrogens with two attached hydrogens (primary N) is 1. The van der Waals surface area contributed by atoms with Gasteiger partial charge in [-0.15, -0.1) is 0 Å². The van der Waals surface area contributed by atoms with Crippen LogP contribution in [0.25, 0.3) is 0 Å². The molecule has 0 amide bonds. The monoisotopic (exact) mass is 409 g/mol. The van der Waals surface area contributed by atoms with Crippen LogP contribution in [0.4, 0.5) is 0 Å². The summed E-state index contributed by atoms with van der Waals surface area (Å²) < 4.78 is 0. The molecule has 0 aromatic heterocycles. The van der Waals surface area contributed by atoms with Gasteiger partial charge in [-0.2, -0.15) is 0 Å². The zero-order valence-corrected chi connectivity index (χ0v) is 18.1. The molecule has 3 aromatic rings. The Kier molecular flexibility index (Phi) is 6.74. The average molecular weight is 410 g/mol. The zero-order chi connectivity index (χ0) is 20.8. The fourth-order valence-electron chi connectivity index (χ4n) is 4.42. The molecule has 150 valence electrons. The van der Waals surface area contributed by atoms with Gasteiger partial charge in [0.05, 0.1) is 0 Å². The quantitative estimate of drug-likeness (QED) is 0.415. The van der Waals surface area contributed by atoms with Gasteiger partial charge in [-0.05, 0) is 53.4 Å². The summed E-state index contributed by atoms with van der Waals surface area (Å²) in [7, 11) is -0.630. The first-order valence-corrected chi connectivity index (χ1v) is 11.9. The van der Waals surface area contributed by atoms with E-state index >= 15 is 0 Å². The summed E-state index contributed by atoms with van der Waals surface area (Å²) >= 11 is 0. The second-order valence-corrected chi connectivity index (χ2v) is 9.69. The SMILES string of the molecule is C=C/C=C\C1=C(CN)C(c2ccccc2P(c2ccccc2)c2ccccc2)CC1. The predicted octanol–water partition coefficient (Wildman–Crippen LogP) is 5.32. The van der Waals surface area contributed by atoms with Crippen molar-refractivity contribution >= 4 is 23.8 Å². The molecule has 0 bridgehead atoms. The van der Waals surface area contributed by atoms with Gasteiger partial charge in [0.15, 0.2) is 0 Å².